The van der Waals surface area contributed by atoms with E-state index in [9.17, 15) is 0 Å². The lowest BCUT2D eigenvalue weighted by molar-refractivity contribution is 1.14. The first-order chi connectivity index (χ1) is 6.35. The molecule has 0 spiro atoms. The summed E-state index contributed by atoms with van der Waals surface area (Å²) in [6.45, 7) is 2.09. The van der Waals surface area contributed by atoms with Crippen LogP contribution >= 0.6 is 11.5 Å². The first-order valence-electron chi connectivity index (χ1n) is 4.12. The van der Waals surface area contributed by atoms with Gasteiger partial charge in [-0.2, -0.15) is 9.64 Å². The van der Waals surface area contributed by atoms with Gasteiger partial charge in [0, 0.05) is 11.6 Å². The largest absolute Gasteiger partial charge is 0.200 e. The summed E-state index contributed by atoms with van der Waals surface area (Å²) < 4.78 is 5.08. The zero-order valence-corrected chi connectivity index (χ0v) is 8.06. The van der Waals surface area contributed by atoms with Crippen molar-refractivity contribution in [3.63, 3.8) is 0 Å². The molecular formula is C10H8N2S. The van der Waals surface area contributed by atoms with E-state index in [4.69, 9.17) is 5.26 Å². The SMILES string of the molecule is CCc1cc(C#N)c2sncc2c1. The smallest absolute Gasteiger partial charge is 0.101 e. The molecule has 0 saturated carbocycles. The number of nitriles is 1. The van der Waals surface area contributed by atoms with Crippen LogP contribution in [0, 0.1) is 11.3 Å². The Labute approximate surface area is 80.6 Å². The average Bonchev–Trinajstić information content (AvgIpc) is 2.63. The van der Waals surface area contributed by atoms with E-state index in [1.54, 1.807) is 0 Å². The van der Waals surface area contributed by atoms with Gasteiger partial charge >= 0.3 is 0 Å². The molecule has 0 aliphatic carbocycles. The van der Waals surface area contributed by atoms with Crippen LogP contribution in [0.5, 0.6) is 0 Å². The van der Waals surface area contributed by atoms with Gasteiger partial charge in [0.25, 0.3) is 0 Å². The molecule has 2 rings (SSSR count). The summed E-state index contributed by atoms with van der Waals surface area (Å²) in [5.74, 6) is 0. The number of benzene rings is 1. The van der Waals surface area contributed by atoms with E-state index in [0.717, 1.165) is 22.1 Å². The Morgan fingerprint density at radius 1 is 1.54 bits per heavy atom. The molecule has 1 aromatic carbocycles. The molecule has 0 amide bonds. The van der Waals surface area contributed by atoms with Crippen molar-refractivity contribution in [2.75, 3.05) is 0 Å². The molecule has 1 aromatic heterocycles. The number of aryl methyl sites for hydroxylation is 1. The van der Waals surface area contributed by atoms with E-state index in [1.807, 2.05) is 12.3 Å². The molecule has 0 N–H and O–H groups in total. The summed E-state index contributed by atoms with van der Waals surface area (Å²) in [6, 6.07) is 6.24. The summed E-state index contributed by atoms with van der Waals surface area (Å²) >= 11 is 1.39. The lowest BCUT2D eigenvalue weighted by Crippen LogP contribution is -1.82. The van der Waals surface area contributed by atoms with Crippen molar-refractivity contribution in [3.05, 3.63) is 29.5 Å². The first-order valence-corrected chi connectivity index (χ1v) is 4.90. The highest BCUT2D eigenvalue weighted by molar-refractivity contribution is 7.13. The minimum absolute atomic E-state index is 0.747. The summed E-state index contributed by atoms with van der Waals surface area (Å²) in [6.07, 6.45) is 2.78. The molecule has 0 aliphatic heterocycles. The number of rotatable bonds is 1. The molecule has 0 fully saturated rings. The molecule has 0 bridgehead atoms. The van der Waals surface area contributed by atoms with Crippen molar-refractivity contribution in [1.29, 1.82) is 5.26 Å². The standard InChI is InChI=1S/C10H8N2S/c1-2-7-3-8(5-11)10-9(4-7)6-12-13-10/h3-4,6H,2H2,1H3. The quantitative estimate of drug-likeness (QED) is 0.690. The lowest BCUT2D eigenvalue weighted by atomic mass is 10.1. The molecule has 2 aromatic rings. The molecule has 2 nitrogen and oxygen atoms in total. The maximum Gasteiger partial charge on any atom is 0.101 e. The van der Waals surface area contributed by atoms with Gasteiger partial charge in [-0.15, -0.1) is 0 Å². The number of aromatic nitrogens is 1. The van der Waals surface area contributed by atoms with Crippen molar-refractivity contribution >= 4 is 21.6 Å². The average molecular weight is 188 g/mol. The second-order valence-electron chi connectivity index (χ2n) is 2.85. The predicted octanol–water partition coefficient (Wildman–Crippen LogP) is 2.73. The minimum Gasteiger partial charge on any atom is -0.200 e. The van der Waals surface area contributed by atoms with E-state index >= 15 is 0 Å². The molecule has 0 radical (unpaired) electrons. The molecule has 13 heavy (non-hydrogen) atoms. The molecular weight excluding hydrogens is 180 g/mol. The lowest BCUT2D eigenvalue weighted by Gasteiger charge is -1.97. The maximum atomic E-state index is 8.90. The van der Waals surface area contributed by atoms with Gasteiger partial charge in [-0.1, -0.05) is 6.92 Å². The van der Waals surface area contributed by atoms with Crippen LogP contribution in [-0.2, 0) is 6.42 Å². The van der Waals surface area contributed by atoms with Gasteiger partial charge in [-0.05, 0) is 35.6 Å². The van der Waals surface area contributed by atoms with Crippen LogP contribution in [-0.4, -0.2) is 4.37 Å². The van der Waals surface area contributed by atoms with Crippen LogP contribution in [0.4, 0.5) is 0 Å². The molecule has 0 aliphatic rings. The van der Waals surface area contributed by atoms with E-state index in [2.05, 4.69) is 23.4 Å². The van der Waals surface area contributed by atoms with Gasteiger partial charge in [0.1, 0.15) is 6.07 Å². The Morgan fingerprint density at radius 3 is 3.08 bits per heavy atom. The second kappa shape index (κ2) is 3.15. The molecule has 0 atom stereocenters. The Balaban J connectivity index is 2.79. The van der Waals surface area contributed by atoms with Gasteiger partial charge in [-0.25, -0.2) is 0 Å². The predicted molar refractivity (Wildman–Crippen MR) is 53.7 cm³/mol. The van der Waals surface area contributed by atoms with Crippen molar-refractivity contribution < 1.29 is 0 Å². The highest BCUT2D eigenvalue weighted by Crippen LogP contribution is 2.24. The third-order valence-electron chi connectivity index (χ3n) is 2.04. The fourth-order valence-electron chi connectivity index (χ4n) is 1.33. The Bertz CT molecular complexity index is 479. The molecule has 3 heteroatoms. The van der Waals surface area contributed by atoms with Crippen LogP contribution in [0.25, 0.3) is 10.1 Å². The summed E-state index contributed by atoms with van der Waals surface area (Å²) in [7, 11) is 0. The van der Waals surface area contributed by atoms with E-state index in [0.29, 0.717) is 0 Å². The number of hydrogen-bond acceptors (Lipinski definition) is 3. The van der Waals surface area contributed by atoms with Gasteiger partial charge in [-0.3, -0.25) is 0 Å². The summed E-state index contributed by atoms with van der Waals surface area (Å²) in [5.41, 5.74) is 1.95. The van der Waals surface area contributed by atoms with Crippen molar-refractivity contribution in [3.8, 4) is 6.07 Å². The van der Waals surface area contributed by atoms with Gasteiger partial charge < -0.3 is 0 Å². The fourth-order valence-corrected chi connectivity index (χ4v) is 2.03. The molecule has 0 saturated heterocycles. The third kappa shape index (κ3) is 1.30. The van der Waals surface area contributed by atoms with Crippen LogP contribution in [0.2, 0.25) is 0 Å². The Hall–Kier alpha value is -1.40. The third-order valence-corrected chi connectivity index (χ3v) is 2.89. The van der Waals surface area contributed by atoms with Gasteiger partial charge in [0.05, 0.1) is 10.3 Å². The van der Waals surface area contributed by atoms with E-state index in [1.165, 1.54) is 17.1 Å². The molecule has 0 unspecified atom stereocenters. The first kappa shape index (κ1) is 8.21. The minimum atomic E-state index is 0.747. The zero-order valence-electron chi connectivity index (χ0n) is 7.24. The van der Waals surface area contributed by atoms with Gasteiger partial charge in [0.15, 0.2) is 0 Å². The van der Waals surface area contributed by atoms with E-state index < -0.39 is 0 Å². The highest BCUT2D eigenvalue weighted by atomic mass is 32.1. The van der Waals surface area contributed by atoms with Crippen molar-refractivity contribution in [2.24, 2.45) is 0 Å². The normalized spacial score (nSPS) is 10.2. The number of hydrogen-bond donors (Lipinski definition) is 0. The fraction of sp³-hybridized carbons (Fsp3) is 0.200. The Morgan fingerprint density at radius 2 is 2.38 bits per heavy atom. The second-order valence-corrected chi connectivity index (χ2v) is 3.65. The Kier molecular flexibility index (Phi) is 1.99. The number of fused-ring (bicyclic) bond motifs is 1. The molecule has 64 valence electrons. The zero-order chi connectivity index (χ0) is 9.26. The van der Waals surface area contributed by atoms with Crippen molar-refractivity contribution in [2.45, 2.75) is 13.3 Å². The van der Waals surface area contributed by atoms with Crippen LogP contribution in [0.3, 0.4) is 0 Å². The van der Waals surface area contributed by atoms with Crippen molar-refractivity contribution in [1.82, 2.24) is 4.37 Å². The van der Waals surface area contributed by atoms with Gasteiger partial charge in [0.2, 0.25) is 0 Å². The summed E-state index contributed by atoms with van der Waals surface area (Å²) in [4.78, 5) is 0. The topological polar surface area (TPSA) is 36.7 Å². The summed E-state index contributed by atoms with van der Waals surface area (Å²) in [5, 5.41) is 9.99. The monoisotopic (exact) mass is 188 g/mol. The van der Waals surface area contributed by atoms with Crippen LogP contribution in [0.1, 0.15) is 18.1 Å². The number of nitrogens with zero attached hydrogens (tertiary/aromatic N) is 2. The van der Waals surface area contributed by atoms with Crippen LogP contribution in [0.15, 0.2) is 18.3 Å². The highest BCUT2D eigenvalue weighted by Gasteiger charge is 2.04. The maximum absolute atomic E-state index is 8.90. The van der Waals surface area contributed by atoms with E-state index in [-0.39, 0.29) is 0 Å². The molecule has 1 heterocycles. The van der Waals surface area contributed by atoms with Crippen LogP contribution < -0.4 is 0 Å².